The maximum Gasteiger partial charge on any atom is 0.242 e. The number of benzene rings is 1. The van der Waals surface area contributed by atoms with Crippen molar-refractivity contribution >= 4 is 33.4 Å². The van der Waals surface area contributed by atoms with Gasteiger partial charge in [0.05, 0.1) is 17.7 Å². The zero-order chi connectivity index (χ0) is 23.1. The Kier molecular flexibility index (Phi) is 8.33. The third kappa shape index (κ3) is 6.82. The first-order valence-electron chi connectivity index (χ1n) is 10.6. The van der Waals surface area contributed by atoms with E-state index in [1.54, 1.807) is 19.1 Å². The number of halogens is 1. The van der Waals surface area contributed by atoms with Crippen LogP contribution in [0.3, 0.4) is 0 Å². The van der Waals surface area contributed by atoms with Crippen LogP contribution in [0.4, 0.5) is 0 Å². The normalized spacial score (nSPS) is 19.8. The summed E-state index contributed by atoms with van der Waals surface area (Å²) in [5, 5.41) is 5.98. The molecule has 1 aliphatic carbocycles. The highest BCUT2D eigenvalue weighted by Crippen LogP contribution is 2.29. The van der Waals surface area contributed by atoms with Gasteiger partial charge < -0.3 is 15.1 Å². The Morgan fingerprint density at radius 1 is 1.12 bits per heavy atom. The second-order valence-electron chi connectivity index (χ2n) is 8.05. The van der Waals surface area contributed by atoms with Crippen LogP contribution in [0.5, 0.6) is 0 Å². The Morgan fingerprint density at radius 2 is 1.81 bits per heavy atom. The number of hydrogen-bond donors (Lipinski definition) is 3. The molecular formula is C22H28ClN3O5S. The molecule has 0 saturated heterocycles. The van der Waals surface area contributed by atoms with Gasteiger partial charge in [-0.25, -0.2) is 13.1 Å². The topological polar surface area (TPSA) is 118 Å². The third-order valence-corrected chi connectivity index (χ3v) is 7.36. The Balaban J connectivity index is 1.39. The molecule has 32 heavy (non-hydrogen) atoms. The van der Waals surface area contributed by atoms with E-state index in [-0.39, 0.29) is 35.1 Å². The maximum atomic E-state index is 12.6. The molecule has 174 valence electrons. The van der Waals surface area contributed by atoms with Crippen LogP contribution < -0.4 is 15.4 Å². The van der Waals surface area contributed by atoms with E-state index >= 15 is 0 Å². The van der Waals surface area contributed by atoms with Crippen molar-refractivity contribution in [3.8, 4) is 0 Å². The molecule has 2 amide bonds. The van der Waals surface area contributed by atoms with Crippen LogP contribution >= 0.6 is 11.6 Å². The summed E-state index contributed by atoms with van der Waals surface area (Å²) in [5.41, 5.74) is 0. The highest BCUT2D eigenvalue weighted by molar-refractivity contribution is 7.89. The van der Waals surface area contributed by atoms with Crippen molar-refractivity contribution in [1.29, 1.82) is 0 Å². The number of carbonyl (C=O) groups is 2. The van der Waals surface area contributed by atoms with E-state index in [4.69, 9.17) is 16.0 Å². The monoisotopic (exact) mass is 481 g/mol. The summed E-state index contributed by atoms with van der Waals surface area (Å²) >= 11 is 5.81. The molecule has 0 unspecified atom stereocenters. The van der Waals surface area contributed by atoms with Crippen LogP contribution in [0.15, 0.2) is 52.0 Å². The Bertz CT molecular complexity index is 1000. The predicted octanol–water partition coefficient (Wildman–Crippen LogP) is 2.84. The van der Waals surface area contributed by atoms with Crippen molar-refractivity contribution in [2.24, 2.45) is 11.8 Å². The predicted molar refractivity (Wildman–Crippen MR) is 120 cm³/mol. The molecule has 0 bridgehead atoms. The summed E-state index contributed by atoms with van der Waals surface area (Å²) in [6, 6.07) is 8.87. The molecule has 1 fully saturated rings. The van der Waals surface area contributed by atoms with Gasteiger partial charge in [-0.3, -0.25) is 9.59 Å². The molecule has 10 heteroatoms. The molecule has 1 atom stereocenters. The molecule has 1 aliphatic rings. The van der Waals surface area contributed by atoms with Gasteiger partial charge in [0.2, 0.25) is 21.8 Å². The molecule has 1 saturated carbocycles. The van der Waals surface area contributed by atoms with Gasteiger partial charge in [0.15, 0.2) is 0 Å². The number of hydrogen-bond acceptors (Lipinski definition) is 5. The van der Waals surface area contributed by atoms with Gasteiger partial charge in [0.1, 0.15) is 11.8 Å². The zero-order valence-electron chi connectivity index (χ0n) is 17.8. The van der Waals surface area contributed by atoms with Crippen LogP contribution in [0.1, 0.15) is 38.4 Å². The van der Waals surface area contributed by atoms with Crippen molar-refractivity contribution in [2.45, 2.75) is 50.1 Å². The quantitative estimate of drug-likeness (QED) is 0.509. The number of rotatable bonds is 9. The Morgan fingerprint density at radius 3 is 2.44 bits per heavy atom. The summed E-state index contributed by atoms with van der Waals surface area (Å²) in [4.78, 5) is 24.9. The van der Waals surface area contributed by atoms with E-state index in [0.717, 1.165) is 12.8 Å². The standard InChI is InChI=1S/C22H28ClN3O5S/c1-15(21(27)24-14-19-3-2-12-31-19)26-22(28)17-6-4-16(5-7-17)13-25-32(29,30)20-10-8-18(23)9-11-20/h2-3,8-12,15-17,25H,4-7,13-14H2,1H3,(H,24,27)(H,26,28)/t15-,16?,17?/m0/s1. The fourth-order valence-corrected chi connectivity index (χ4v) is 4.93. The molecule has 1 aromatic heterocycles. The SMILES string of the molecule is C[C@H](NC(=O)C1CCC(CNS(=O)(=O)c2ccc(Cl)cc2)CC1)C(=O)NCc1ccco1. The van der Waals surface area contributed by atoms with E-state index in [1.165, 1.54) is 30.5 Å². The van der Waals surface area contributed by atoms with Crippen molar-refractivity contribution in [3.63, 3.8) is 0 Å². The van der Waals surface area contributed by atoms with E-state index in [1.807, 2.05) is 0 Å². The van der Waals surface area contributed by atoms with Gasteiger partial charge in [-0.2, -0.15) is 0 Å². The maximum absolute atomic E-state index is 12.6. The van der Waals surface area contributed by atoms with Crippen LogP contribution in [0.2, 0.25) is 5.02 Å². The van der Waals surface area contributed by atoms with Crippen molar-refractivity contribution in [2.75, 3.05) is 6.54 Å². The molecule has 3 N–H and O–H groups in total. The van der Waals surface area contributed by atoms with Gasteiger partial charge in [-0.15, -0.1) is 0 Å². The minimum atomic E-state index is -3.59. The number of carbonyl (C=O) groups excluding carboxylic acids is 2. The smallest absolute Gasteiger partial charge is 0.242 e. The first kappa shape index (κ1) is 24.3. The summed E-state index contributed by atoms with van der Waals surface area (Å²) in [7, 11) is -3.59. The summed E-state index contributed by atoms with van der Waals surface area (Å²) in [5.74, 6) is 0.197. The van der Waals surface area contributed by atoms with E-state index in [9.17, 15) is 18.0 Å². The molecule has 3 rings (SSSR count). The van der Waals surface area contributed by atoms with Gasteiger partial charge in [-0.1, -0.05) is 11.6 Å². The van der Waals surface area contributed by atoms with Crippen LogP contribution in [-0.4, -0.2) is 32.8 Å². The van der Waals surface area contributed by atoms with Crippen LogP contribution in [0, 0.1) is 11.8 Å². The van der Waals surface area contributed by atoms with Crippen LogP contribution in [-0.2, 0) is 26.2 Å². The summed E-state index contributed by atoms with van der Waals surface area (Å²) in [6.07, 6.45) is 4.31. The van der Waals surface area contributed by atoms with E-state index in [2.05, 4.69) is 15.4 Å². The first-order valence-corrected chi connectivity index (χ1v) is 12.5. The fraction of sp³-hybridized carbons (Fsp3) is 0.455. The minimum Gasteiger partial charge on any atom is -0.467 e. The zero-order valence-corrected chi connectivity index (χ0v) is 19.4. The lowest BCUT2D eigenvalue weighted by atomic mass is 9.81. The lowest BCUT2D eigenvalue weighted by molar-refractivity contribution is -0.131. The molecular weight excluding hydrogens is 454 g/mol. The second kappa shape index (κ2) is 11.0. The van der Waals surface area contributed by atoms with Crippen molar-refractivity contribution in [1.82, 2.24) is 15.4 Å². The van der Waals surface area contributed by atoms with E-state index in [0.29, 0.717) is 30.2 Å². The number of sulfonamides is 1. The minimum absolute atomic E-state index is 0.147. The summed E-state index contributed by atoms with van der Waals surface area (Å²) in [6.45, 7) is 2.24. The van der Waals surface area contributed by atoms with Gasteiger partial charge in [0, 0.05) is 17.5 Å². The molecule has 8 nitrogen and oxygen atoms in total. The first-order chi connectivity index (χ1) is 15.2. The molecule has 2 aromatic rings. The Labute approximate surface area is 193 Å². The number of furan rings is 1. The lowest BCUT2D eigenvalue weighted by Gasteiger charge is -2.28. The highest BCUT2D eigenvalue weighted by Gasteiger charge is 2.29. The molecule has 0 radical (unpaired) electrons. The van der Waals surface area contributed by atoms with Gasteiger partial charge in [0.25, 0.3) is 0 Å². The third-order valence-electron chi connectivity index (χ3n) is 5.67. The molecule has 0 spiro atoms. The fourth-order valence-electron chi connectivity index (χ4n) is 3.69. The lowest BCUT2D eigenvalue weighted by Crippen LogP contribution is -2.47. The highest BCUT2D eigenvalue weighted by atomic mass is 35.5. The number of nitrogens with one attached hydrogen (secondary N) is 3. The molecule has 1 heterocycles. The second-order valence-corrected chi connectivity index (χ2v) is 10.3. The molecule has 0 aliphatic heterocycles. The van der Waals surface area contributed by atoms with E-state index < -0.39 is 16.1 Å². The average molecular weight is 482 g/mol. The average Bonchev–Trinajstić information content (AvgIpc) is 3.30. The summed E-state index contributed by atoms with van der Waals surface area (Å²) < 4.78 is 32.6. The van der Waals surface area contributed by atoms with Gasteiger partial charge in [-0.05, 0) is 74.9 Å². The van der Waals surface area contributed by atoms with Crippen molar-refractivity contribution < 1.29 is 22.4 Å². The molecule has 1 aromatic carbocycles. The number of amides is 2. The largest absolute Gasteiger partial charge is 0.467 e. The van der Waals surface area contributed by atoms with Crippen LogP contribution in [0.25, 0.3) is 0 Å². The van der Waals surface area contributed by atoms with Crippen molar-refractivity contribution in [3.05, 3.63) is 53.4 Å². The Hall–Kier alpha value is -2.36. The van der Waals surface area contributed by atoms with Gasteiger partial charge >= 0.3 is 0 Å².